The second-order valence-corrected chi connectivity index (χ2v) is 2.78. The monoisotopic (exact) mass is 144 g/mol. The molecule has 2 heteroatoms. The van der Waals surface area contributed by atoms with Gasteiger partial charge in [0, 0.05) is 7.11 Å². The van der Waals surface area contributed by atoms with Crippen molar-refractivity contribution in [3.63, 3.8) is 0 Å². The molecule has 0 aromatic rings. The van der Waals surface area contributed by atoms with Gasteiger partial charge >= 0.3 is 0 Å². The number of hydrogen-bond donors (Lipinski definition) is 1. The summed E-state index contributed by atoms with van der Waals surface area (Å²) in [6.07, 6.45) is 1.53. The zero-order chi connectivity index (χ0) is 8.20. The SMILES string of the molecule is C=C[C@](O)(COC)C(C)C. The first kappa shape index (κ1) is 9.66. The van der Waals surface area contributed by atoms with Crippen molar-refractivity contribution in [3.8, 4) is 0 Å². The zero-order valence-electron chi connectivity index (χ0n) is 6.92. The van der Waals surface area contributed by atoms with Crippen LogP contribution < -0.4 is 0 Å². The molecule has 60 valence electrons. The topological polar surface area (TPSA) is 29.5 Å². The van der Waals surface area contributed by atoms with E-state index in [1.54, 1.807) is 7.11 Å². The van der Waals surface area contributed by atoms with Gasteiger partial charge in [-0.25, -0.2) is 0 Å². The fourth-order valence-electron chi connectivity index (χ4n) is 0.693. The van der Waals surface area contributed by atoms with Crippen molar-refractivity contribution in [1.82, 2.24) is 0 Å². The highest BCUT2D eigenvalue weighted by Crippen LogP contribution is 2.17. The van der Waals surface area contributed by atoms with Crippen molar-refractivity contribution in [3.05, 3.63) is 12.7 Å². The molecular weight excluding hydrogens is 128 g/mol. The summed E-state index contributed by atoms with van der Waals surface area (Å²) in [5.74, 6) is 0.143. The van der Waals surface area contributed by atoms with Crippen LogP contribution in [-0.4, -0.2) is 24.4 Å². The minimum absolute atomic E-state index is 0.143. The van der Waals surface area contributed by atoms with Crippen molar-refractivity contribution in [2.45, 2.75) is 19.4 Å². The molecule has 0 unspecified atom stereocenters. The number of rotatable bonds is 4. The largest absolute Gasteiger partial charge is 0.383 e. The maximum absolute atomic E-state index is 9.65. The molecule has 0 heterocycles. The number of aliphatic hydroxyl groups is 1. The number of hydrogen-bond acceptors (Lipinski definition) is 2. The van der Waals surface area contributed by atoms with E-state index in [1.807, 2.05) is 13.8 Å². The summed E-state index contributed by atoms with van der Waals surface area (Å²) in [5.41, 5.74) is -0.866. The zero-order valence-corrected chi connectivity index (χ0v) is 6.92. The van der Waals surface area contributed by atoms with Gasteiger partial charge in [0.25, 0.3) is 0 Å². The van der Waals surface area contributed by atoms with Crippen LogP contribution in [0.3, 0.4) is 0 Å². The molecule has 0 aliphatic rings. The Labute approximate surface area is 62.5 Å². The van der Waals surface area contributed by atoms with Gasteiger partial charge in [0.1, 0.15) is 5.60 Å². The van der Waals surface area contributed by atoms with E-state index in [0.29, 0.717) is 6.61 Å². The average Bonchev–Trinajstić information content (AvgIpc) is 1.88. The summed E-state index contributed by atoms with van der Waals surface area (Å²) >= 11 is 0. The van der Waals surface area contributed by atoms with Gasteiger partial charge in [0.2, 0.25) is 0 Å². The third-order valence-corrected chi connectivity index (χ3v) is 1.73. The Hall–Kier alpha value is -0.340. The van der Waals surface area contributed by atoms with Crippen LogP contribution in [0.1, 0.15) is 13.8 Å². The molecule has 0 spiro atoms. The predicted molar refractivity (Wildman–Crippen MR) is 41.9 cm³/mol. The Morgan fingerprint density at radius 1 is 1.70 bits per heavy atom. The third-order valence-electron chi connectivity index (χ3n) is 1.73. The van der Waals surface area contributed by atoms with Gasteiger partial charge in [-0.2, -0.15) is 0 Å². The van der Waals surface area contributed by atoms with E-state index in [4.69, 9.17) is 4.74 Å². The highest BCUT2D eigenvalue weighted by atomic mass is 16.5. The van der Waals surface area contributed by atoms with Gasteiger partial charge in [0.15, 0.2) is 0 Å². The van der Waals surface area contributed by atoms with E-state index in [9.17, 15) is 5.11 Å². The van der Waals surface area contributed by atoms with Crippen LogP contribution in [0.4, 0.5) is 0 Å². The van der Waals surface area contributed by atoms with E-state index in [2.05, 4.69) is 6.58 Å². The molecule has 0 amide bonds. The van der Waals surface area contributed by atoms with Crippen LogP contribution in [0.2, 0.25) is 0 Å². The Morgan fingerprint density at radius 3 is 2.30 bits per heavy atom. The van der Waals surface area contributed by atoms with Gasteiger partial charge in [0.05, 0.1) is 6.61 Å². The molecule has 0 bridgehead atoms. The molecule has 0 fully saturated rings. The van der Waals surface area contributed by atoms with Crippen molar-refractivity contribution in [2.24, 2.45) is 5.92 Å². The van der Waals surface area contributed by atoms with Crippen molar-refractivity contribution < 1.29 is 9.84 Å². The minimum Gasteiger partial charge on any atom is -0.383 e. The summed E-state index contributed by atoms with van der Waals surface area (Å²) in [6.45, 7) is 7.72. The molecule has 0 radical (unpaired) electrons. The van der Waals surface area contributed by atoms with Gasteiger partial charge in [-0.05, 0) is 5.92 Å². The normalized spacial score (nSPS) is 16.9. The molecule has 0 aromatic carbocycles. The summed E-state index contributed by atoms with van der Waals surface area (Å²) < 4.78 is 4.84. The molecular formula is C8H16O2. The van der Waals surface area contributed by atoms with E-state index in [1.165, 1.54) is 6.08 Å². The van der Waals surface area contributed by atoms with Crippen molar-refractivity contribution in [2.75, 3.05) is 13.7 Å². The second-order valence-electron chi connectivity index (χ2n) is 2.78. The third kappa shape index (κ3) is 2.12. The summed E-state index contributed by atoms with van der Waals surface area (Å²) in [7, 11) is 1.57. The van der Waals surface area contributed by atoms with Crippen LogP contribution in [0.25, 0.3) is 0 Å². The van der Waals surface area contributed by atoms with Crippen LogP contribution in [0.5, 0.6) is 0 Å². The number of ether oxygens (including phenoxy) is 1. The standard InChI is InChI=1S/C8H16O2/c1-5-8(9,6-10-4)7(2)3/h5,7,9H,1,6H2,2-4H3/t8-/m0/s1. The first-order chi connectivity index (χ1) is 4.56. The minimum atomic E-state index is -0.866. The lowest BCUT2D eigenvalue weighted by atomic mass is 9.91. The highest BCUT2D eigenvalue weighted by molar-refractivity contribution is 4.97. The fourth-order valence-corrected chi connectivity index (χ4v) is 0.693. The lowest BCUT2D eigenvalue weighted by molar-refractivity contribution is -0.0261. The molecule has 0 saturated carbocycles. The Kier molecular flexibility index (Phi) is 3.61. The van der Waals surface area contributed by atoms with Crippen molar-refractivity contribution in [1.29, 1.82) is 0 Å². The average molecular weight is 144 g/mol. The summed E-state index contributed by atoms with van der Waals surface area (Å²) in [6, 6.07) is 0. The molecule has 0 saturated heterocycles. The first-order valence-electron chi connectivity index (χ1n) is 3.41. The lowest BCUT2D eigenvalue weighted by Gasteiger charge is -2.27. The van der Waals surface area contributed by atoms with Crippen LogP contribution >= 0.6 is 0 Å². The summed E-state index contributed by atoms with van der Waals surface area (Å²) in [5, 5.41) is 9.65. The Morgan fingerprint density at radius 2 is 2.20 bits per heavy atom. The molecule has 0 rings (SSSR count). The van der Waals surface area contributed by atoms with E-state index < -0.39 is 5.60 Å². The smallest absolute Gasteiger partial charge is 0.108 e. The fraction of sp³-hybridized carbons (Fsp3) is 0.750. The Balaban J connectivity index is 4.08. The Bertz CT molecular complexity index is 110. The molecule has 0 aliphatic heterocycles. The maximum atomic E-state index is 9.65. The van der Waals surface area contributed by atoms with Crippen molar-refractivity contribution >= 4 is 0 Å². The second kappa shape index (κ2) is 3.74. The quantitative estimate of drug-likeness (QED) is 0.601. The van der Waals surface area contributed by atoms with Gasteiger partial charge in [-0.15, -0.1) is 6.58 Å². The molecule has 10 heavy (non-hydrogen) atoms. The predicted octanol–water partition coefficient (Wildman–Crippen LogP) is 1.21. The van der Waals surface area contributed by atoms with Gasteiger partial charge < -0.3 is 9.84 Å². The van der Waals surface area contributed by atoms with E-state index in [0.717, 1.165) is 0 Å². The van der Waals surface area contributed by atoms with Crippen LogP contribution in [0.15, 0.2) is 12.7 Å². The van der Waals surface area contributed by atoms with E-state index in [-0.39, 0.29) is 5.92 Å². The number of methoxy groups -OCH3 is 1. The molecule has 2 nitrogen and oxygen atoms in total. The molecule has 1 atom stereocenters. The molecule has 0 aromatic heterocycles. The molecule has 0 aliphatic carbocycles. The van der Waals surface area contributed by atoms with Crippen LogP contribution in [0, 0.1) is 5.92 Å². The van der Waals surface area contributed by atoms with Gasteiger partial charge in [-0.1, -0.05) is 19.9 Å². The lowest BCUT2D eigenvalue weighted by Crippen LogP contribution is -2.37. The first-order valence-corrected chi connectivity index (χ1v) is 3.41. The van der Waals surface area contributed by atoms with Crippen LogP contribution in [-0.2, 0) is 4.74 Å². The highest BCUT2D eigenvalue weighted by Gasteiger charge is 2.26. The summed E-state index contributed by atoms with van der Waals surface area (Å²) in [4.78, 5) is 0. The van der Waals surface area contributed by atoms with E-state index >= 15 is 0 Å². The molecule has 1 N–H and O–H groups in total. The van der Waals surface area contributed by atoms with Gasteiger partial charge in [-0.3, -0.25) is 0 Å². The maximum Gasteiger partial charge on any atom is 0.108 e.